The van der Waals surface area contributed by atoms with Crippen molar-refractivity contribution in [3.05, 3.63) is 24.5 Å². The van der Waals surface area contributed by atoms with Crippen LogP contribution < -0.4 is 5.32 Å². The molecule has 0 bridgehead atoms. The molecule has 24 heavy (non-hydrogen) atoms. The van der Waals surface area contributed by atoms with Crippen LogP contribution in [0.5, 0.6) is 0 Å². The van der Waals surface area contributed by atoms with Crippen molar-refractivity contribution in [2.24, 2.45) is 0 Å². The Labute approximate surface area is 145 Å². The van der Waals surface area contributed by atoms with E-state index in [-0.39, 0.29) is 11.2 Å². The van der Waals surface area contributed by atoms with Gasteiger partial charge in [0.2, 0.25) is 5.91 Å². The van der Waals surface area contributed by atoms with Crippen molar-refractivity contribution in [3.63, 3.8) is 0 Å². The highest BCUT2D eigenvalue weighted by atomic mass is 32.2. The molecule has 128 valence electrons. The minimum Gasteiger partial charge on any atom is -0.383 e. The Hall–Kier alpha value is -1.93. The van der Waals surface area contributed by atoms with Crippen LogP contribution in [-0.4, -0.2) is 51.2 Å². The fourth-order valence-corrected chi connectivity index (χ4v) is 3.75. The number of amides is 1. The molecule has 7 nitrogen and oxygen atoms in total. The van der Waals surface area contributed by atoms with Crippen LogP contribution in [0.2, 0.25) is 0 Å². The van der Waals surface area contributed by atoms with Crippen LogP contribution in [0.3, 0.4) is 0 Å². The van der Waals surface area contributed by atoms with E-state index in [1.807, 2.05) is 16.7 Å². The molecule has 2 aromatic rings. The lowest BCUT2D eigenvalue weighted by atomic mass is 10.2. The van der Waals surface area contributed by atoms with E-state index < -0.39 is 0 Å². The first-order valence-electron chi connectivity index (χ1n) is 8.06. The van der Waals surface area contributed by atoms with Crippen molar-refractivity contribution < 1.29 is 9.53 Å². The number of nitrogens with zero attached hydrogens (tertiary/aromatic N) is 4. The quantitative estimate of drug-likeness (QED) is 0.857. The summed E-state index contributed by atoms with van der Waals surface area (Å²) in [4.78, 5) is 16.2. The van der Waals surface area contributed by atoms with E-state index in [0.717, 1.165) is 42.4 Å². The van der Waals surface area contributed by atoms with Gasteiger partial charge in [0.15, 0.2) is 11.0 Å². The van der Waals surface area contributed by atoms with Gasteiger partial charge in [-0.2, -0.15) is 0 Å². The number of carbonyl (C=O) groups excluding carboxylic acids is 1. The van der Waals surface area contributed by atoms with Gasteiger partial charge in [0, 0.05) is 31.6 Å². The molecule has 1 amide bonds. The third-order valence-corrected chi connectivity index (χ3v) is 5.15. The minimum absolute atomic E-state index is 0.0873. The second-order valence-electron chi connectivity index (χ2n) is 5.58. The second kappa shape index (κ2) is 8.25. The summed E-state index contributed by atoms with van der Waals surface area (Å²) in [6.07, 6.45) is 6.39. The third kappa shape index (κ3) is 3.93. The zero-order chi connectivity index (χ0) is 16.8. The molecule has 1 aliphatic heterocycles. The van der Waals surface area contributed by atoms with Crippen molar-refractivity contribution in [1.29, 1.82) is 0 Å². The zero-order valence-electron chi connectivity index (χ0n) is 13.6. The van der Waals surface area contributed by atoms with E-state index in [4.69, 9.17) is 4.74 Å². The molecule has 0 unspecified atom stereocenters. The lowest BCUT2D eigenvalue weighted by Crippen LogP contribution is -2.30. The van der Waals surface area contributed by atoms with Crippen LogP contribution in [0.1, 0.15) is 19.3 Å². The third-order valence-electron chi connectivity index (χ3n) is 3.91. The smallest absolute Gasteiger partial charge is 0.233 e. The maximum atomic E-state index is 12.2. The molecule has 0 spiro atoms. The maximum absolute atomic E-state index is 12.2. The Morgan fingerprint density at radius 2 is 2.17 bits per heavy atom. The van der Waals surface area contributed by atoms with E-state index in [1.54, 1.807) is 19.5 Å². The summed E-state index contributed by atoms with van der Waals surface area (Å²) in [5.74, 6) is 0.857. The molecule has 0 saturated carbocycles. The van der Waals surface area contributed by atoms with Gasteiger partial charge in [-0.25, -0.2) is 0 Å². The van der Waals surface area contributed by atoms with E-state index in [9.17, 15) is 4.79 Å². The molecule has 1 N–H and O–H groups in total. The van der Waals surface area contributed by atoms with Gasteiger partial charge < -0.3 is 10.1 Å². The first-order valence-corrected chi connectivity index (χ1v) is 8.94. The first-order chi connectivity index (χ1) is 11.8. The van der Waals surface area contributed by atoms with E-state index in [0.29, 0.717) is 13.2 Å². The van der Waals surface area contributed by atoms with Gasteiger partial charge in [0.1, 0.15) is 0 Å². The Bertz CT molecular complexity index is 676. The fourth-order valence-electron chi connectivity index (χ4n) is 2.63. The Morgan fingerprint density at radius 1 is 1.33 bits per heavy atom. The molecule has 2 aromatic heterocycles. The molecule has 1 saturated heterocycles. The van der Waals surface area contributed by atoms with Gasteiger partial charge in [0.25, 0.3) is 0 Å². The van der Waals surface area contributed by atoms with Crippen molar-refractivity contribution >= 4 is 17.7 Å². The minimum atomic E-state index is -0.122. The number of pyridine rings is 1. The van der Waals surface area contributed by atoms with Crippen molar-refractivity contribution in [2.45, 2.75) is 36.2 Å². The number of ether oxygens (including phenoxy) is 1. The SMILES string of the molecule is COCCn1c(S[C@H]2CCCCNC2=O)nnc1-c1ccncc1. The summed E-state index contributed by atoms with van der Waals surface area (Å²) in [5, 5.41) is 12.2. The zero-order valence-corrected chi connectivity index (χ0v) is 14.5. The monoisotopic (exact) mass is 347 g/mol. The predicted octanol–water partition coefficient (Wildman–Crippen LogP) is 1.75. The summed E-state index contributed by atoms with van der Waals surface area (Å²) in [6.45, 7) is 1.95. The number of methoxy groups -OCH3 is 1. The van der Waals surface area contributed by atoms with Gasteiger partial charge in [-0.3, -0.25) is 14.3 Å². The molecule has 3 heterocycles. The summed E-state index contributed by atoms with van der Waals surface area (Å²) in [7, 11) is 1.67. The normalized spacial score (nSPS) is 18.2. The number of nitrogens with one attached hydrogen (secondary N) is 1. The highest BCUT2D eigenvalue weighted by Crippen LogP contribution is 2.29. The number of rotatable bonds is 6. The summed E-state index contributed by atoms with van der Waals surface area (Å²) in [5.41, 5.74) is 0.950. The summed E-state index contributed by atoms with van der Waals surface area (Å²) >= 11 is 1.48. The molecule has 0 radical (unpaired) electrons. The Balaban J connectivity index is 1.86. The van der Waals surface area contributed by atoms with Crippen LogP contribution in [0.25, 0.3) is 11.4 Å². The van der Waals surface area contributed by atoms with Crippen molar-refractivity contribution in [1.82, 2.24) is 25.1 Å². The van der Waals surface area contributed by atoms with Crippen molar-refractivity contribution in [3.8, 4) is 11.4 Å². The van der Waals surface area contributed by atoms with Gasteiger partial charge in [-0.15, -0.1) is 10.2 Å². The largest absolute Gasteiger partial charge is 0.383 e. The van der Waals surface area contributed by atoms with E-state index >= 15 is 0 Å². The molecule has 3 rings (SSSR count). The standard InChI is InChI=1S/C16H21N5O2S/c1-23-11-10-21-14(12-5-8-17-9-6-12)19-20-16(21)24-13-4-2-3-7-18-15(13)22/h5-6,8-9,13H,2-4,7,10-11H2,1H3,(H,18,22)/t13-/m0/s1. The van der Waals surface area contributed by atoms with E-state index in [1.165, 1.54) is 11.8 Å². The van der Waals surface area contributed by atoms with E-state index in [2.05, 4.69) is 20.5 Å². The van der Waals surface area contributed by atoms with Gasteiger partial charge in [-0.1, -0.05) is 18.2 Å². The Kier molecular flexibility index (Phi) is 5.81. The van der Waals surface area contributed by atoms with Crippen LogP contribution in [0.15, 0.2) is 29.7 Å². The van der Waals surface area contributed by atoms with Crippen LogP contribution in [0, 0.1) is 0 Å². The number of carbonyl (C=O) groups is 1. The number of hydrogen-bond donors (Lipinski definition) is 1. The second-order valence-corrected chi connectivity index (χ2v) is 6.75. The van der Waals surface area contributed by atoms with Crippen LogP contribution >= 0.6 is 11.8 Å². The molecule has 0 aromatic carbocycles. The molecule has 1 aliphatic rings. The van der Waals surface area contributed by atoms with Crippen molar-refractivity contribution in [2.75, 3.05) is 20.3 Å². The summed E-state index contributed by atoms with van der Waals surface area (Å²) < 4.78 is 7.23. The van der Waals surface area contributed by atoms with Crippen LogP contribution in [0.4, 0.5) is 0 Å². The maximum Gasteiger partial charge on any atom is 0.233 e. The lowest BCUT2D eigenvalue weighted by Gasteiger charge is -2.14. The molecule has 1 fully saturated rings. The number of thioether (sulfide) groups is 1. The lowest BCUT2D eigenvalue weighted by molar-refractivity contribution is -0.120. The first kappa shape index (κ1) is 16.9. The van der Waals surface area contributed by atoms with Gasteiger partial charge in [-0.05, 0) is 25.0 Å². The average Bonchev–Trinajstić information content (AvgIpc) is 2.90. The highest BCUT2D eigenvalue weighted by molar-refractivity contribution is 8.00. The molecule has 1 atom stereocenters. The molecule has 0 aliphatic carbocycles. The summed E-state index contributed by atoms with van der Waals surface area (Å²) in [6, 6.07) is 3.81. The highest BCUT2D eigenvalue weighted by Gasteiger charge is 2.25. The molecular weight excluding hydrogens is 326 g/mol. The Morgan fingerprint density at radius 3 is 2.96 bits per heavy atom. The van der Waals surface area contributed by atoms with Gasteiger partial charge in [0.05, 0.1) is 18.4 Å². The van der Waals surface area contributed by atoms with Gasteiger partial charge >= 0.3 is 0 Å². The average molecular weight is 347 g/mol. The predicted molar refractivity (Wildman–Crippen MR) is 91.6 cm³/mol. The molecule has 8 heteroatoms. The fraction of sp³-hybridized carbons (Fsp3) is 0.500. The topological polar surface area (TPSA) is 81.9 Å². The number of aromatic nitrogens is 4. The number of hydrogen-bond acceptors (Lipinski definition) is 6. The van der Waals surface area contributed by atoms with Crippen LogP contribution in [-0.2, 0) is 16.1 Å². The molecular formula is C16H21N5O2S.